The fourth-order valence-corrected chi connectivity index (χ4v) is 4.93. The summed E-state index contributed by atoms with van der Waals surface area (Å²) < 4.78 is 5.31. The van der Waals surface area contributed by atoms with Crippen molar-refractivity contribution in [2.24, 2.45) is 0 Å². The molecule has 0 amide bonds. The molecule has 1 saturated heterocycles. The minimum absolute atomic E-state index is 0.125. The Hall–Kier alpha value is -0.850. The highest BCUT2D eigenvalue weighted by molar-refractivity contribution is 8.06. The molecule has 106 valence electrons. The lowest BCUT2D eigenvalue weighted by molar-refractivity contribution is 0.421. The molecular formula is C13H13ClN2O2S2. The van der Waals surface area contributed by atoms with Crippen LogP contribution in [-0.4, -0.2) is 32.0 Å². The van der Waals surface area contributed by atoms with E-state index in [0.29, 0.717) is 27.6 Å². The molecule has 2 atom stereocenters. The van der Waals surface area contributed by atoms with Crippen molar-refractivity contribution in [3.63, 3.8) is 0 Å². The predicted molar refractivity (Wildman–Crippen MR) is 83.5 cm³/mol. The van der Waals surface area contributed by atoms with Gasteiger partial charge in [0.25, 0.3) is 5.89 Å². The van der Waals surface area contributed by atoms with Crippen LogP contribution in [-0.2, 0) is 0 Å². The Kier molecular flexibility index (Phi) is 4.14. The molecule has 0 bridgehead atoms. The Morgan fingerprint density at radius 2 is 2.15 bits per heavy atom. The average molecular weight is 329 g/mol. The smallest absolute Gasteiger partial charge is 0.259 e. The minimum Gasteiger partial charge on any atom is -0.508 e. The van der Waals surface area contributed by atoms with E-state index < -0.39 is 0 Å². The first-order chi connectivity index (χ1) is 9.65. The maximum Gasteiger partial charge on any atom is 0.259 e. The van der Waals surface area contributed by atoms with E-state index >= 15 is 0 Å². The fraction of sp³-hybridized carbons (Fsp3) is 0.385. The monoisotopic (exact) mass is 328 g/mol. The van der Waals surface area contributed by atoms with Gasteiger partial charge >= 0.3 is 0 Å². The SMILES string of the molecule is CC1SCCSC1c1noc(-c2cc(O)ccc2Cl)n1. The molecule has 1 aliphatic heterocycles. The molecule has 2 aromatic rings. The van der Waals surface area contributed by atoms with Crippen molar-refractivity contribution in [3.8, 4) is 17.2 Å². The number of rotatable bonds is 2. The van der Waals surface area contributed by atoms with Gasteiger partial charge in [-0.2, -0.15) is 16.7 Å². The molecule has 0 spiro atoms. The van der Waals surface area contributed by atoms with Crippen LogP contribution in [0.1, 0.15) is 18.0 Å². The van der Waals surface area contributed by atoms with E-state index in [-0.39, 0.29) is 11.0 Å². The van der Waals surface area contributed by atoms with E-state index in [1.807, 2.05) is 23.5 Å². The second kappa shape index (κ2) is 5.87. The molecule has 1 fully saturated rings. The number of phenols is 1. The van der Waals surface area contributed by atoms with Crippen molar-refractivity contribution in [1.29, 1.82) is 0 Å². The van der Waals surface area contributed by atoms with Crippen LogP contribution in [0.15, 0.2) is 22.7 Å². The minimum atomic E-state index is 0.125. The lowest BCUT2D eigenvalue weighted by atomic mass is 10.2. The summed E-state index contributed by atoms with van der Waals surface area (Å²) in [4.78, 5) is 4.45. The normalized spacial score (nSPS) is 22.9. The number of halogens is 1. The molecule has 3 rings (SSSR count). The van der Waals surface area contributed by atoms with Crippen LogP contribution < -0.4 is 0 Å². The van der Waals surface area contributed by atoms with Gasteiger partial charge in [-0.3, -0.25) is 0 Å². The second-order valence-corrected chi connectivity index (χ2v) is 7.63. The molecule has 7 heteroatoms. The Labute approximate surface area is 130 Å². The largest absolute Gasteiger partial charge is 0.508 e. The molecular weight excluding hydrogens is 316 g/mol. The Balaban J connectivity index is 1.91. The maximum atomic E-state index is 9.54. The molecule has 20 heavy (non-hydrogen) atoms. The highest BCUT2D eigenvalue weighted by atomic mass is 35.5. The van der Waals surface area contributed by atoms with Gasteiger partial charge in [0, 0.05) is 16.8 Å². The predicted octanol–water partition coefficient (Wildman–Crippen LogP) is 4.01. The summed E-state index contributed by atoms with van der Waals surface area (Å²) in [5, 5.41) is 14.8. The third-order valence-corrected chi connectivity index (χ3v) is 6.48. The molecule has 1 aliphatic rings. The number of hydrogen-bond donors (Lipinski definition) is 1. The molecule has 4 nitrogen and oxygen atoms in total. The quantitative estimate of drug-likeness (QED) is 0.899. The number of benzene rings is 1. The lowest BCUT2D eigenvalue weighted by Crippen LogP contribution is -2.16. The summed E-state index contributed by atoms with van der Waals surface area (Å²) in [6.45, 7) is 2.18. The molecule has 1 aromatic carbocycles. The number of phenolic OH excluding ortho intramolecular Hbond substituents is 1. The standard InChI is InChI=1S/C13H13ClN2O2S2/c1-7-11(20-5-4-19-7)12-15-13(18-16-12)9-6-8(17)2-3-10(9)14/h2-3,6-7,11,17H,4-5H2,1H3. The summed E-state index contributed by atoms with van der Waals surface area (Å²) in [7, 11) is 0. The maximum absolute atomic E-state index is 9.54. The molecule has 1 N–H and O–H groups in total. The van der Waals surface area contributed by atoms with E-state index in [9.17, 15) is 5.11 Å². The summed E-state index contributed by atoms with van der Waals surface area (Å²) >= 11 is 9.88. The van der Waals surface area contributed by atoms with Crippen molar-refractivity contribution in [2.75, 3.05) is 11.5 Å². The Morgan fingerprint density at radius 1 is 1.35 bits per heavy atom. The molecule has 2 unspecified atom stereocenters. The van der Waals surface area contributed by atoms with E-state index in [0.717, 1.165) is 11.5 Å². The Morgan fingerprint density at radius 3 is 2.95 bits per heavy atom. The molecule has 0 radical (unpaired) electrons. The zero-order chi connectivity index (χ0) is 14.1. The first-order valence-electron chi connectivity index (χ1n) is 6.21. The highest BCUT2D eigenvalue weighted by Gasteiger charge is 2.28. The number of hydrogen-bond acceptors (Lipinski definition) is 6. The zero-order valence-electron chi connectivity index (χ0n) is 10.7. The number of aromatic nitrogens is 2. The van der Waals surface area contributed by atoms with Crippen LogP contribution in [0, 0.1) is 0 Å². The van der Waals surface area contributed by atoms with Crippen LogP contribution in [0.5, 0.6) is 5.75 Å². The average Bonchev–Trinajstić information content (AvgIpc) is 2.91. The van der Waals surface area contributed by atoms with Crippen LogP contribution in [0.25, 0.3) is 11.5 Å². The summed E-state index contributed by atoms with van der Waals surface area (Å²) in [6.07, 6.45) is 0. The first kappa shape index (κ1) is 14.1. The highest BCUT2D eigenvalue weighted by Crippen LogP contribution is 2.42. The number of aromatic hydroxyl groups is 1. The van der Waals surface area contributed by atoms with E-state index in [2.05, 4.69) is 17.1 Å². The molecule has 1 aromatic heterocycles. The van der Waals surface area contributed by atoms with Gasteiger partial charge in [-0.05, 0) is 18.2 Å². The molecule has 0 saturated carbocycles. The van der Waals surface area contributed by atoms with Crippen molar-refractivity contribution in [3.05, 3.63) is 29.0 Å². The van der Waals surface area contributed by atoms with E-state index in [1.54, 1.807) is 6.07 Å². The summed E-state index contributed by atoms with van der Waals surface area (Å²) in [6, 6.07) is 4.68. The van der Waals surface area contributed by atoms with Crippen molar-refractivity contribution in [2.45, 2.75) is 17.4 Å². The van der Waals surface area contributed by atoms with Gasteiger partial charge in [-0.1, -0.05) is 23.7 Å². The first-order valence-corrected chi connectivity index (χ1v) is 8.68. The Bertz CT molecular complexity index is 620. The lowest BCUT2D eigenvalue weighted by Gasteiger charge is -2.24. The molecule has 0 aliphatic carbocycles. The number of thioether (sulfide) groups is 2. The van der Waals surface area contributed by atoms with Gasteiger partial charge in [0.05, 0.1) is 15.8 Å². The third kappa shape index (κ3) is 2.77. The van der Waals surface area contributed by atoms with Crippen LogP contribution in [0.2, 0.25) is 5.02 Å². The molecule has 2 heterocycles. The topological polar surface area (TPSA) is 59.2 Å². The van der Waals surface area contributed by atoms with Crippen molar-refractivity contribution in [1.82, 2.24) is 10.1 Å². The number of nitrogens with zero attached hydrogens (tertiary/aromatic N) is 2. The van der Waals surface area contributed by atoms with Gasteiger partial charge in [0.1, 0.15) is 5.75 Å². The van der Waals surface area contributed by atoms with Gasteiger partial charge in [0.15, 0.2) is 5.82 Å². The zero-order valence-corrected chi connectivity index (χ0v) is 13.1. The van der Waals surface area contributed by atoms with Crippen LogP contribution >= 0.6 is 35.1 Å². The summed E-state index contributed by atoms with van der Waals surface area (Å²) in [5.74, 6) is 3.43. The van der Waals surface area contributed by atoms with E-state index in [1.165, 1.54) is 12.1 Å². The second-order valence-electron chi connectivity index (χ2n) is 4.49. The fourth-order valence-electron chi connectivity index (χ4n) is 2.05. The summed E-state index contributed by atoms with van der Waals surface area (Å²) in [5.41, 5.74) is 0.562. The van der Waals surface area contributed by atoms with Gasteiger partial charge in [0.2, 0.25) is 0 Å². The van der Waals surface area contributed by atoms with E-state index in [4.69, 9.17) is 16.1 Å². The van der Waals surface area contributed by atoms with Crippen molar-refractivity contribution >= 4 is 35.1 Å². The van der Waals surface area contributed by atoms with Gasteiger partial charge in [-0.15, -0.1) is 11.8 Å². The van der Waals surface area contributed by atoms with Crippen LogP contribution in [0.3, 0.4) is 0 Å². The van der Waals surface area contributed by atoms with Crippen molar-refractivity contribution < 1.29 is 9.63 Å². The van der Waals surface area contributed by atoms with Gasteiger partial charge in [-0.25, -0.2) is 0 Å². The van der Waals surface area contributed by atoms with Gasteiger partial charge < -0.3 is 9.63 Å². The third-order valence-electron chi connectivity index (χ3n) is 3.06. The van der Waals surface area contributed by atoms with Crippen LogP contribution in [0.4, 0.5) is 0 Å².